The van der Waals surface area contributed by atoms with E-state index in [1.54, 1.807) is 0 Å². The molecule has 0 aromatic carbocycles. The quantitative estimate of drug-likeness (QED) is 0.440. The van der Waals surface area contributed by atoms with Crippen LogP contribution in [0.5, 0.6) is 0 Å². The Morgan fingerprint density at radius 3 is 2.50 bits per heavy atom. The van der Waals surface area contributed by atoms with Crippen LogP contribution in [0.1, 0.15) is 19.3 Å². The van der Waals surface area contributed by atoms with E-state index in [0.29, 0.717) is 13.0 Å². The van der Waals surface area contributed by atoms with Crippen molar-refractivity contribution in [2.75, 3.05) is 13.2 Å². The maximum absolute atomic E-state index is 9.97. The van der Waals surface area contributed by atoms with E-state index >= 15 is 0 Å². The molecule has 0 fully saturated rings. The van der Waals surface area contributed by atoms with Crippen LogP contribution in [-0.4, -0.2) is 21.9 Å². The minimum absolute atomic E-state index is 0.0534. The Bertz CT molecular complexity index is 98.9. The SMILES string of the molecule is [O]CCCCCNS(=O)O. The van der Waals surface area contributed by atoms with E-state index in [0.717, 1.165) is 12.8 Å². The van der Waals surface area contributed by atoms with Crippen LogP contribution in [0.15, 0.2) is 0 Å². The van der Waals surface area contributed by atoms with E-state index in [1.807, 2.05) is 0 Å². The molecule has 0 aromatic rings. The van der Waals surface area contributed by atoms with E-state index in [9.17, 15) is 9.32 Å². The summed E-state index contributed by atoms with van der Waals surface area (Å²) in [5, 5.41) is 9.90. The first kappa shape index (κ1) is 10.0. The highest BCUT2D eigenvalue weighted by molar-refractivity contribution is 7.77. The fourth-order valence-electron chi connectivity index (χ4n) is 0.563. The molecule has 0 heterocycles. The number of hydrogen-bond donors (Lipinski definition) is 2. The van der Waals surface area contributed by atoms with Gasteiger partial charge in [0.25, 0.3) is 0 Å². The zero-order valence-electron chi connectivity index (χ0n) is 5.71. The maximum atomic E-state index is 9.97. The lowest BCUT2D eigenvalue weighted by atomic mass is 10.2. The van der Waals surface area contributed by atoms with Gasteiger partial charge in [-0.05, 0) is 19.3 Å². The van der Waals surface area contributed by atoms with Crippen molar-refractivity contribution in [2.45, 2.75) is 19.3 Å². The summed E-state index contributed by atoms with van der Waals surface area (Å²) in [4.78, 5) is 0. The highest BCUT2D eigenvalue weighted by Gasteiger charge is 1.90. The Morgan fingerprint density at radius 1 is 1.30 bits per heavy atom. The van der Waals surface area contributed by atoms with Gasteiger partial charge in [-0.1, -0.05) is 0 Å². The molecule has 4 nitrogen and oxygen atoms in total. The van der Waals surface area contributed by atoms with Crippen LogP contribution in [0.2, 0.25) is 0 Å². The number of unbranched alkanes of at least 4 members (excludes halogenated alkanes) is 2. The highest BCUT2D eigenvalue weighted by Crippen LogP contribution is 1.91. The molecular formula is C5H12NO3S. The zero-order chi connectivity index (χ0) is 7.82. The Kier molecular flexibility index (Phi) is 7.16. The van der Waals surface area contributed by atoms with Crippen molar-refractivity contribution in [1.29, 1.82) is 0 Å². The fraction of sp³-hybridized carbons (Fsp3) is 1.00. The summed E-state index contributed by atoms with van der Waals surface area (Å²) >= 11 is -1.90. The summed E-state index contributed by atoms with van der Waals surface area (Å²) < 4.78 is 20.5. The van der Waals surface area contributed by atoms with Gasteiger partial charge in [0.15, 0.2) is 0 Å². The summed E-state index contributed by atoms with van der Waals surface area (Å²) in [5.74, 6) is 0. The Hall–Kier alpha value is 0.0300. The molecule has 0 saturated heterocycles. The van der Waals surface area contributed by atoms with E-state index < -0.39 is 11.3 Å². The largest absolute Gasteiger partial charge is 0.294 e. The van der Waals surface area contributed by atoms with Crippen LogP contribution < -0.4 is 4.72 Å². The standard InChI is InChI=1S/C5H12NO3S/c7-5-3-1-2-4-6-10(8)9/h6H,1-5H2,(H,8,9). The molecule has 5 heteroatoms. The van der Waals surface area contributed by atoms with Crippen LogP contribution in [0.25, 0.3) is 0 Å². The third kappa shape index (κ3) is 8.03. The average molecular weight is 166 g/mol. The zero-order valence-corrected chi connectivity index (χ0v) is 6.52. The second-order valence-corrected chi connectivity index (χ2v) is 2.70. The summed E-state index contributed by atoms with van der Waals surface area (Å²) in [6, 6.07) is 0. The fourth-order valence-corrected chi connectivity index (χ4v) is 0.882. The van der Waals surface area contributed by atoms with E-state index in [4.69, 9.17) is 4.55 Å². The molecule has 61 valence electrons. The molecule has 0 spiro atoms. The van der Waals surface area contributed by atoms with Gasteiger partial charge in [-0.25, -0.2) is 14.0 Å². The van der Waals surface area contributed by atoms with Crippen molar-refractivity contribution < 1.29 is 13.9 Å². The molecule has 10 heavy (non-hydrogen) atoms. The van der Waals surface area contributed by atoms with Crippen LogP contribution in [-0.2, 0) is 16.4 Å². The summed E-state index contributed by atoms with van der Waals surface area (Å²) in [5.41, 5.74) is 0. The van der Waals surface area contributed by atoms with Gasteiger partial charge in [0, 0.05) is 6.54 Å². The first-order valence-corrected chi connectivity index (χ1v) is 4.30. The third-order valence-electron chi connectivity index (χ3n) is 1.05. The molecule has 0 aromatic heterocycles. The number of rotatable bonds is 6. The lowest BCUT2D eigenvalue weighted by molar-refractivity contribution is 0.186. The van der Waals surface area contributed by atoms with Gasteiger partial charge in [0.1, 0.15) is 0 Å². The van der Waals surface area contributed by atoms with E-state index in [1.165, 1.54) is 0 Å². The summed E-state index contributed by atoms with van der Waals surface area (Å²) in [6.07, 6.45) is 2.27. The molecule has 0 rings (SSSR count). The first-order chi connectivity index (χ1) is 4.77. The molecule has 0 aliphatic heterocycles. The van der Waals surface area contributed by atoms with Crippen molar-refractivity contribution in [3.8, 4) is 0 Å². The van der Waals surface area contributed by atoms with Gasteiger partial charge in [-0.3, -0.25) is 4.55 Å². The lowest BCUT2D eigenvalue weighted by Crippen LogP contribution is -2.17. The van der Waals surface area contributed by atoms with Crippen molar-refractivity contribution in [2.24, 2.45) is 0 Å². The van der Waals surface area contributed by atoms with E-state index in [2.05, 4.69) is 4.72 Å². The monoisotopic (exact) mass is 166 g/mol. The minimum Gasteiger partial charge on any atom is -0.294 e. The predicted octanol–water partition coefficient (Wildman–Crippen LogP) is 0.314. The molecular weight excluding hydrogens is 154 g/mol. The Morgan fingerprint density at radius 2 is 2.00 bits per heavy atom. The lowest BCUT2D eigenvalue weighted by Gasteiger charge is -1.96. The van der Waals surface area contributed by atoms with Gasteiger partial charge in [0.05, 0.1) is 6.61 Å². The van der Waals surface area contributed by atoms with Crippen molar-refractivity contribution >= 4 is 11.3 Å². The normalized spacial score (nSPS) is 13.4. The minimum atomic E-state index is -1.90. The van der Waals surface area contributed by atoms with Crippen molar-refractivity contribution in [3.63, 3.8) is 0 Å². The third-order valence-corrected chi connectivity index (χ3v) is 1.50. The molecule has 0 bridgehead atoms. The number of nitrogens with one attached hydrogen (secondary N) is 1. The molecule has 0 aliphatic rings. The van der Waals surface area contributed by atoms with Crippen molar-refractivity contribution in [3.05, 3.63) is 0 Å². The molecule has 0 aliphatic carbocycles. The molecule has 1 unspecified atom stereocenters. The molecule has 1 atom stereocenters. The Balaban J connectivity index is 2.84. The molecule has 0 saturated carbocycles. The van der Waals surface area contributed by atoms with Crippen LogP contribution in [0.3, 0.4) is 0 Å². The average Bonchev–Trinajstić information content (AvgIpc) is 1.87. The van der Waals surface area contributed by atoms with Gasteiger partial charge >= 0.3 is 0 Å². The smallest absolute Gasteiger partial charge is 0.231 e. The van der Waals surface area contributed by atoms with Crippen LogP contribution >= 0.6 is 0 Å². The highest BCUT2D eigenvalue weighted by atomic mass is 32.2. The van der Waals surface area contributed by atoms with Crippen molar-refractivity contribution in [1.82, 2.24) is 4.72 Å². The van der Waals surface area contributed by atoms with Gasteiger partial charge in [-0.15, -0.1) is 0 Å². The Labute approximate surface area is 63.1 Å². The number of hydrogen-bond acceptors (Lipinski definition) is 1. The molecule has 0 amide bonds. The maximum Gasteiger partial charge on any atom is 0.231 e. The van der Waals surface area contributed by atoms with Gasteiger partial charge < -0.3 is 0 Å². The van der Waals surface area contributed by atoms with Crippen LogP contribution in [0.4, 0.5) is 0 Å². The first-order valence-electron chi connectivity index (χ1n) is 3.20. The summed E-state index contributed by atoms with van der Waals surface area (Å²) in [6.45, 7) is 0.450. The summed E-state index contributed by atoms with van der Waals surface area (Å²) in [7, 11) is 0. The topological polar surface area (TPSA) is 69.2 Å². The second-order valence-electron chi connectivity index (χ2n) is 1.91. The van der Waals surface area contributed by atoms with E-state index in [-0.39, 0.29) is 6.61 Å². The van der Waals surface area contributed by atoms with Crippen LogP contribution in [0, 0.1) is 0 Å². The molecule has 1 radical (unpaired) electrons. The predicted molar refractivity (Wildman–Crippen MR) is 38.2 cm³/mol. The molecule has 2 N–H and O–H groups in total. The van der Waals surface area contributed by atoms with Gasteiger partial charge in [0.2, 0.25) is 11.3 Å². The second kappa shape index (κ2) is 7.14. The van der Waals surface area contributed by atoms with Gasteiger partial charge in [-0.2, -0.15) is 0 Å².